The van der Waals surface area contributed by atoms with E-state index in [0.29, 0.717) is 37.9 Å². The molecule has 3 aromatic carbocycles. The average Bonchev–Trinajstić information content (AvgIpc) is 3.54. The van der Waals surface area contributed by atoms with Crippen molar-refractivity contribution in [3.05, 3.63) is 98.9 Å². The molecular weight excluding hydrogens is 574 g/mol. The van der Waals surface area contributed by atoms with Crippen LogP contribution in [0.1, 0.15) is 38.6 Å². The van der Waals surface area contributed by atoms with E-state index in [1.165, 1.54) is 19.2 Å². The van der Waals surface area contributed by atoms with Crippen molar-refractivity contribution in [1.82, 2.24) is 30.0 Å². The third kappa shape index (κ3) is 4.99. The lowest BCUT2D eigenvalue weighted by Gasteiger charge is -2.17. The molecule has 0 spiro atoms. The van der Waals surface area contributed by atoms with Gasteiger partial charge >= 0.3 is 11.9 Å². The number of ether oxygens (including phenoxy) is 2. The highest BCUT2D eigenvalue weighted by Gasteiger charge is 2.40. The van der Waals surface area contributed by atoms with Crippen molar-refractivity contribution >= 4 is 32.8 Å². The highest BCUT2D eigenvalue weighted by Crippen LogP contribution is 2.36. The molecule has 5 rings (SSSR count). The molecule has 200 valence electrons. The zero-order valence-electron chi connectivity index (χ0n) is 21.2. The van der Waals surface area contributed by atoms with Gasteiger partial charge in [0.15, 0.2) is 0 Å². The molecule has 0 saturated heterocycles. The topological polar surface area (TPSA) is 97.0 Å². The second-order valence-electron chi connectivity index (χ2n) is 8.82. The van der Waals surface area contributed by atoms with E-state index in [0.717, 1.165) is 10.2 Å². The third-order valence-electron chi connectivity index (χ3n) is 6.44. The van der Waals surface area contributed by atoms with E-state index in [2.05, 4.69) is 36.6 Å². The summed E-state index contributed by atoms with van der Waals surface area (Å²) in [7, 11) is 2.85. The van der Waals surface area contributed by atoms with Gasteiger partial charge in [-0.3, -0.25) is 4.68 Å². The Morgan fingerprint density at radius 1 is 1.03 bits per heavy atom. The van der Waals surface area contributed by atoms with Crippen molar-refractivity contribution in [3.8, 4) is 5.75 Å². The zero-order valence-corrected chi connectivity index (χ0v) is 22.8. The second-order valence-corrected chi connectivity index (χ2v) is 9.67. The number of carbonyl (C=O) groups excluding carboxylic acids is 1. The Morgan fingerprint density at radius 3 is 2.51 bits per heavy atom. The minimum Gasteiger partial charge on any atom is -0.497 e. The number of carbonyl (C=O) groups is 1. The van der Waals surface area contributed by atoms with Crippen LogP contribution in [-0.4, -0.2) is 50.2 Å². The minimum absolute atomic E-state index is 0.0551. The van der Waals surface area contributed by atoms with Gasteiger partial charge in [-0.15, -0.1) is 5.10 Å². The van der Waals surface area contributed by atoms with Gasteiger partial charge in [-0.05, 0) is 53.2 Å². The number of nitrogens with zero attached hydrogens (tertiary/aromatic N) is 6. The molecule has 0 saturated carbocycles. The first-order valence-corrected chi connectivity index (χ1v) is 12.6. The molecule has 0 unspecified atom stereocenters. The van der Waals surface area contributed by atoms with Crippen LogP contribution in [0.25, 0.3) is 10.9 Å². The third-order valence-corrected chi connectivity index (χ3v) is 7.18. The normalized spacial score (nSPS) is 11.6. The maximum atomic E-state index is 15.9. The van der Waals surface area contributed by atoms with Crippen molar-refractivity contribution in [2.24, 2.45) is 0 Å². The molecule has 0 amide bonds. The van der Waals surface area contributed by atoms with Gasteiger partial charge in [-0.1, -0.05) is 46.3 Å². The number of hydrogen-bond acceptors (Lipinski definition) is 7. The van der Waals surface area contributed by atoms with Crippen molar-refractivity contribution in [2.75, 3.05) is 14.2 Å². The molecule has 9 nitrogen and oxygen atoms in total. The molecule has 0 bridgehead atoms. The number of halogens is 3. The van der Waals surface area contributed by atoms with E-state index >= 15 is 8.78 Å². The predicted octanol–water partition coefficient (Wildman–Crippen LogP) is 5.13. The van der Waals surface area contributed by atoms with Crippen LogP contribution in [0.3, 0.4) is 0 Å². The van der Waals surface area contributed by atoms with Crippen LogP contribution in [0.15, 0.2) is 65.1 Å². The maximum absolute atomic E-state index is 15.9. The van der Waals surface area contributed by atoms with Gasteiger partial charge in [0.2, 0.25) is 5.82 Å². The largest absolute Gasteiger partial charge is 0.497 e. The zero-order chi connectivity index (χ0) is 27.7. The lowest BCUT2D eigenvalue weighted by Crippen LogP contribution is -2.23. The number of aromatic nitrogens is 6. The molecule has 5 aromatic rings. The van der Waals surface area contributed by atoms with E-state index in [1.807, 2.05) is 0 Å². The van der Waals surface area contributed by atoms with E-state index in [4.69, 9.17) is 9.47 Å². The molecule has 12 heteroatoms. The number of rotatable bonds is 8. The molecule has 2 heterocycles. The SMILES string of the molecule is COC(=O)c1cccc(Br)c1Cn1nc(C)c2ccc(C(F)(F)c3nnnn3Cc3ccc(OC)cc3)cc21. The molecule has 0 radical (unpaired) electrons. The summed E-state index contributed by atoms with van der Waals surface area (Å²) >= 11 is 3.49. The lowest BCUT2D eigenvalue weighted by molar-refractivity contribution is 0.0281. The molecule has 0 fully saturated rings. The van der Waals surface area contributed by atoms with Crippen molar-refractivity contribution in [3.63, 3.8) is 0 Å². The highest BCUT2D eigenvalue weighted by molar-refractivity contribution is 9.10. The second kappa shape index (κ2) is 10.5. The Bertz CT molecular complexity index is 1670. The van der Waals surface area contributed by atoms with Crippen LogP contribution in [-0.2, 0) is 23.7 Å². The van der Waals surface area contributed by atoms with Crippen LogP contribution < -0.4 is 4.74 Å². The molecule has 0 aliphatic carbocycles. The van der Waals surface area contributed by atoms with Gasteiger partial charge in [0.25, 0.3) is 0 Å². The summed E-state index contributed by atoms with van der Waals surface area (Å²) in [5, 5.41) is 16.3. The van der Waals surface area contributed by atoms with Crippen LogP contribution in [0.5, 0.6) is 5.75 Å². The molecule has 0 aliphatic heterocycles. The van der Waals surface area contributed by atoms with Crippen LogP contribution >= 0.6 is 15.9 Å². The lowest BCUT2D eigenvalue weighted by atomic mass is 10.0. The average molecular weight is 597 g/mol. The number of methoxy groups -OCH3 is 2. The van der Waals surface area contributed by atoms with Gasteiger partial charge in [0.1, 0.15) is 5.75 Å². The Labute approximate surface area is 230 Å². The molecule has 0 atom stereocenters. The van der Waals surface area contributed by atoms with Crippen LogP contribution in [0, 0.1) is 6.92 Å². The standard InChI is InChI=1S/C27H23BrF2N6O3/c1-16-20-12-9-18(13-24(20)35(32-16)15-22-21(25(37)39-3)5-4-6-23(22)28)27(29,30)26-31-33-34-36(26)14-17-7-10-19(38-2)11-8-17/h4-13H,14-15H2,1-3H3. The van der Waals surface area contributed by atoms with E-state index in [1.54, 1.807) is 67.2 Å². The fourth-order valence-corrected chi connectivity index (χ4v) is 4.89. The first kappa shape index (κ1) is 26.4. The van der Waals surface area contributed by atoms with Crippen molar-refractivity contribution in [1.29, 1.82) is 0 Å². The van der Waals surface area contributed by atoms with Gasteiger partial charge in [0.05, 0.1) is 44.1 Å². The van der Waals surface area contributed by atoms with Gasteiger partial charge in [-0.25, -0.2) is 9.48 Å². The van der Waals surface area contributed by atoms with Crippen molar-refractivity contribution in [2.45, 2.75) is 25.9 Å². The van der Waals surface area contributed by atoms with Gasteiger partial charge in [0, 0.05) is 21.0 Å². The summed E-state index contributed by atoms with van der Waals surface area (Å²) in [6.07, 6.45) is 0. The van der Waals surface area contributed by atoms with Gasteiger partial charge < -0.3 is 9.47 Å². The summed E-state index contributed by atoms with van der Waals surface area (Å²) in [5.74, 6) is -3.94. The number of fused-ring (bicyclic) bond motifs is 1. The van der Waals surface area contributed by atoms with Crippen LogP contribution in [0.4, 0.5) is 8.78 Å². The van der Waals surface area contributed by atoms with Crippen molar-refractivity contribution < 1.29 is 23.0 Å². The number of tetrazole rings is 1. The number of benzene rings is 3. The summed E-state index contributed by atoms with van der Waals surface area (Å²) in [4.78, 5) is 12.4. The van der Waals surface area contributed by atoms with Crippen LogP contribution in [0.2, 0.25) is 0 Å². The first-order chi connectivity index (χ1) is 18.7. The summed E-state index contributed by atoms with van der Waals surface area (Å²) in [6.45, 7) is 2.01. The number of hydrogen-bond donors (Lipinski definition) is 0. The number of alkyl halides is 2. The highest BCUT2D eigenvalue weighted by atomic mass is 79.9. The van der Waals surface area contributed by atoms with E-state index in [-0.39, 0.29) is 18.7 Å². The van der Waals surface area contributed by atoms with Gasteiger partial charge in [-0.2, -0.15) is 13.9 Å². The van der Waals surface area contributed by atoms with E-state index in [9.17, 15) is 4.79 Å². The molecular formula is C27H23BrF2N6O3. The molecule has 0 aliphatic rings. The Kier molecular flexibility index (Phi) is 7.13. The summed E-state index contributed by atoms with van der Waals surface area (Å²) < 4.78 is 45.2. The molecule has 0 N–H and O–H groups in total. The Hall–Kier alpha value is -4.19. The number of aryl methyl sites for hydroxylation is 1. The smallest absolute Gasteiger partial charge is 0.338 e. The number of esters is 1. The molecule has 39 heavy (non-hydrogen) atoms. The monoisotopic (exact) mass is 596 g/mol. The minimum atomic E-state index is -3.50. The molecule has 2 aromatic heterocycles. The predicted molar refractivity (Wildman–Crippen MR) is 142 cm³/mol. The fourth-order valence-electron chi connectivity index (χ4n) is 4.40. The fraction of sp³-hybridized carbons (Fsp3) is 0.222. The maximum Gasteiger partial charge on any atom is 0.338 e. The Morgan fingerprint density at radius 2 is 1.79 bits per heavy atom. The quantitative estimate of drug-likeness (QED) is 0.229. The Balaban J connectivity index is 1.52. The summed E-state index contributed by atoms with van der Waals surface area (Å²) in [6, 6.07) is 16.5. The van der Waals surface area contributed by atoms with E-state index < -0.39 is 17.7 Å². The first-order valence-electron chi connectivity index (χ1n) is 11.8. The summed E-state index contributed by atoms with van der Waals surface area (Å²) in [5.41, 5.74) is 2.56.